The monoisotopic (exact) mass is 370 g/mol. The van der Waals surface area contributed by atoms with Crippen LogP contribution < -0.4 is 19.5 Å². The summed E-state index contributed by atoms with van der Waals surface area (Å²) in [5.41, 5.74) is 0. The van der Waals surface area contributed by atoms with Gasteiger partial charge in [0.2, 0.25) is 15.9 Å². The Morgan fingerprint density at radius 3 is 2.52 bits per heavy atom. The summed E-state index contributed by atoms with van der Waals surface area (Å²) in [6.07, 6.45) is 1.81. The van der Waals surface area contributed by atoms with Crippen LogP contribution in [-0.2, 0) is 14.8 Å². The van der Waals surface area contributed by atoms with Gasteiger partial charge in [0.05, 0.1) is 4.90 Å². The molecule has 1 atom stereocenters. The zero-order valence-electron chi connectivity index (χ0n) is 14.9. The molecule has 0 radical (unpaired) electrons. The standard InChI is InChI=1S/C17H26N2O5S/c1-4-5-8-18-17(20)16(12(2)3)19-25(21,22)13-6-7-14-15(11-13)24-10-9-23-14/h6-7,11-12,16,19H,4-5,8-10H2,1-3H3,(H,18,20). The topological polar surface area (TPSA) is 93.7 Å². The second kappa shape index (κ2) is 8.53. The van der Waals surface area contributed by atoms with Gasteiger partial charge in [0.25, 0.3) is 0 Å². The summed E-state index contributed by atoms with van der Waals surface area (Å²) in [7, 11) is -3.86. The number of sulfonamides is 1. The molecule has 0 bridgehead atoms. The molecule has 0 aromatic heterocycles. The summed E-state index contributed by atoms with van der Waals surface area (Å²) < 4.78 is 38.7. The van der Waals surface area contributed by atoms with Gasteiger partial charge in [-0.05, 0) is 24.5 Å². The average molecular weight is 370 g/mol. The number of amides is 1. The Morgan fingerprint density at radius 1 is 1.20 bits per heavy atom. The molecule has 1 unspecified atom stereocenters. The van der Waals surface area contributed by atoms with Crippen LogP contribution in [0.1, 0.15) is 33.6 Å². The first-order chi connectivity index (χ1) is 11.8. The van der Waals surface area contributed by atoms with Crippen molar-refractivity contribution in [1.82, 2.24) is 10.0 Å². The maximum atomic E-state index is 12.7. The minimum atomic E-state index is -3.86. The first-order valence-electron chi connectivity index (χ1n) is 8.55. The van der Waals surface area contributed by atoms with Crippen molar-refractivity contribution in [3.8, 4) is 11.5 Å². The van der Waals surface area contributed by atoms with Gasteiger partial charge in [-0.2, -0.15) is 4.72 Å². The Morgan fingerprint density at radius 2 is 1.88 bits per heavy atom. The molecule has 1 amide bonds. The Labute approximate surface area is 149 Å². The van der Waals surface area contributed by atoms with Crippen molar-refractivity contribution in [1.29, 1.82) is 0 Å². The second-order valence-electron chi connectivity index (χ2n) is 6.29. The van der Waals surface area contributed by atoms with Crippen LogP contribution in [-0.4, -0.2) is 40.1 Å². The highest BCUT2D eigenvalue weighted by Gasteiger charge is 2.29. The minimum absolute atomic E-state index is 0.0451. The van der Waals surface area contributed by atoms with E-state index in [4.69, 9.17) is 9.47 Å². The summed E-state index contributed by atoms with van der Waals surface area (Å²) in [4.78, 5) is 12.4. The number of rotatable bonds is 8. The van der Waals surface area contributed by atoms with Crippen molar-refractivity contribution < 1.29 is 22.7 Å². The van der Waals surface area contributed by atoms with E-state index < -0.39 is 16.1 Å². The number of unbranched alkanes of at least 4 members (excludes halogenated alkanes) is 1. The number of fused-ring (bicyclic) bond motifs is 1. The molecule has 7 nitrogen and oxygen atoms in total. The summed E-state index contributed by atoms with van der Waals surface area (Å²) >= 11 is 0. The van der Waals surface area contributed by atoms with E-state index in [0.29, 0.717) is 31.3 Å². The van der Waals surface area contributed by atoms with Gasteiger partial charge in [-0.25, -0.2) is 8.42 Å². The molecule has 1 aromatic carbocycles. The van der Waals surface area contributed by atoms with E-state index in [1.807, 2.05) is 6.92 Å². The molecule has 1 heterocycles. The van der Waals surface area contributed by atoms with Crippen molar-refractivity contribution >= 4 is 15.9 Å². The molecule has 0 fully saturated rings. The highest BCUT2D eigenvalue weighted by Crippen LogP contribution is 2.32. The lowest BCUT2D eigenvalue weighted by Crippen LogP contribution is -2.49. The van der Waals surface area contributed by atoms with Gasteiger partial charge in [0.15, 0.2) is 11.5 Å². The number of hydrogen-bond acceptors (Lipinski definition) is 5. The van der Waals surface area contributed by atoms with E-state index in [0.717, 1.165) is 12.8 Å². The van der Waals surface area contributed by atoms with Crippen LogP contribution in [0.4, 0.5) is 0 Å². The van der Waals surface area contributed by atoms with Crippen LogP contribution in [0.15, 0.2) is 23.1 Å². The minimum Gasteiger partial charge on any atom is -0.486 e. The SMILES string of the molecule is CCCCNC(=O)C(NS(=O)(=O)c1ccc2c(c1)OCCO2)C(C)C. The second-order valence-corrected chi connectivity index (χ2v) is 8.01. The molecular formula is C17H26N2O5S. The highest BCUT2D eigenvalue weighted by atomic mass is 32.2. The Hall–Kier alpha value is -1.80. The number of nitrogens with one attached hydrogen (secondary N) is 2. The third-order valence-corrected chi connectivity index (χ3v) is 5.32. The first-order valence-corrected chi connectivity index (χ1v) is 10.0. The Bertz CT molecular complexity index is 703. The van der Waals surface area contributed by atoms with Crippen molar-refractivity contribution in [2.45, 2.75) is 44.6 Å². The lowest BCUT2D eigenvalue weighted by Gasteiger charge is -2.23. The van der Waals surface area contributed by atoms with Gasteiger partial charge in [-0.3, -0.25) is 4.79 Å². The van der Waals surface area contributed by atoms with E-state index in [9.17, 15) is 13.2 Å². The van der Waals surface area contributed by atoms with Gasteiger partial charge in [0, 0.05) is 12.6 Å². The Balaban J connectivity index is 2.15. The summed E-state index contributed by atoms with van der Waals surface area (Å²) in [6, 6.07) is 3.59. The normalized spacial score (nSPS) is 15.0. The molecule has 8 heteroatoms. The zero-order valence-corrected chi connectivity index (χ0v) is 15.7. The molecule has 1 aliphatic rings. The van der Waals surface area contributed by atoms with Crippen LogP contribution in [0, 0.1) is 5.92 Å². The van der Waals surface area contributed by atoms with E-state index in [2.05, 4.69) is 10.0 Å². The predicted molar refractivity (Wildman–Crippen MR) is 94.3 cm³/mol. The molecule has 2 N–H and O–H groups in total. The van der Waals surface area contributed by atoms with Crippen LogP contribution in [0.3, 0.4) is 0 Å². The molecule has 0 spiro atoms. The molecule has 0 saturated carbocycles. The fourth-order valence-corrected chi connectivity index (χ4v) is 3.78. The maximum absolute atomic E-state index is 12.7. The summed E-state index contributed by atoms with van der Waals surface area (Å²) in [5.74, 6) is 0.406. The van der Waals surface area contributed by atoms with Crippen LogP contribution in [0.2, 0.25) is 0 Å². The van der Waals surface area contributed by atoms with Gasteiger partial charge in [-0.15, -0.1) is 0 Å². The quantitative estimate of drug-likeness (QED) is 0.679. The van der Waals surface area contributed by atoms with Crippen molar-refractivity contribution in [2.24, 2.45) is 5.92 Å². The molecule has 1 aliphatic heterocycles. The number of hydrogen-bond donors (Lipinski definition) is 2. The van der Waals surface area contributed by atoms with Gasteiger partial charge < -0.3 is 14.8 Å². The average Bonchev–Trinajstić information content (AvgIpc) is 2.59. The molecule has 1 aromatic rings. The predicted octanol–water partition coefficient (Wildman–Crippen LogP) is 1.68. The molecule has 2 rings (SSSR count). The Kier molecular flexibility index (Phi) is 6.66. The molecular weight excluding hydrogens is 344 g/mol. The fraction of sp³-hybridized carbons (Fsp3) is 0.588. The lowest BCUT2D eigenvalue weighted by atomic mass is 10.1. The van der Waals surface area contributed by atoms with E-state index in [1.54, 1.807) is 19.9 Å². The summed E-state index contributed by atoms with van der Waals surface area (Å²) in [5, 5.41) is 2.78. The van der Waals surface area contributed by atoms with Gasteiger partial charge in [0.1, 0.15) is 19.3 Å². The van der Waals surface area contributed by atoms with Crippen LogP contribution >= 0.6 is 0 Å². The lowest BCUT2D eigenvalue weighted by molar-refractivity contribution is -0.123. The van der Waals surface area contributed by atoms with Crippen molar-refractivity contribution in [3.63, 3.8) is 0 Å². The van der Waals surface area contributed by atoms with Crippen LogP contribution in [0.25, 0.3) is 0 Å². The smallest absolute Gasteiger partial charge is 0.241 e. The van der Waals surface area contributed by atoms with E-state index in [1.165, 1.54) is 12.1 Å². The fourth-order valence-electron chi connectivity index (χ4n) is 2.42. The number of benzene rings is 1. The third kappa shape index (κ3) is 5.09. The molecule has 140 valence electrons. The number of ether oxygens (including phenoxy) is 2. The van der Waals surface area contributed by atoms with Crippen molar-refractivity contribution in [2.75, 3.05) is 19.8 Å². The number of carbonyl (C=O) groups is 1. The molecule has 25 heavy (non-hydrogen) atoms. The summed E-state index contributed by atoms with van der Waals surface area (Å²) in [6.45, 7) is 6.97. The molecule has 0 saturated heterocycles. The van der Waals surface area contributed by atoms with Gasteiger partial charge in [-0.1, -0.05) is 27.2 Å². The van der Waals surface area contributed by atoms with E-state index >= 15 is 0 Å². The van der Waals surface area contributed by atoms with Crippen LogP contribution in [0.5, 0.6) is 11.5 Å². The maximum Gasteiger partial charge on any atom is 0.241 e. The zero-order chi connectivity index (χ0) is 18.4. The molecule has 0 aliphatic carbocycles. The number of carbonyl (C=O) groups excluding carboxylic acids is 1. The third-order valence-electron chi connectivity index (χ3n) is 3.88. The first kappa shape index (κ1) is 19.5. The van der Waals surface area contributed by atoms with Crippen molar-refractivity contribution in [3.05, 3.63) is 18.2 Å². The largest absolute Gasteiger partial charge is 0.486 e. The van der Waals surface area contributed by atoms with Gasteiger partial charge >= 0.3 is 0 Å². The van der Waals surface area contributed by atoms with E-state index in [-0.39, 0.29) is 16.7 Å². The highest BCUT2D eigenvalue weighted by molar-refractivity contribution is 7.89.